The van der Waals surface area contributed by atoms with Crippen molar-refractivity contribution in [1.29, 1.82) is 0 Å². The Bertz CT molecular complexity index is 339. The Hall–Kier alpha value is -0.880. The molecule has 0 fully saturated rings. The topological polar surface area (TPSA) is 85.9 Å². The summed E-state index contributed by atoms with van der Waals surface area (Å²) in [5.74, 6) is 0. The number of hydrogen-bond donors (Lipinski definition) is 2. The smallest absolute Gasteiger partial charge is 0.349 e. The van der Waals surface area contributed by atoms with Crippen molar-refractivity contribution in [2.75, 3.05) is 39.3 Å². The van der Waals surface area contributed by atoms with E-state index in [1.54, 1.807) is 13.8 Å². The molecule has 0 spiro atoms. The van der Waals surface area contributed by atoms with Crippen LogP contribution in [0.2, 0.25) is 0 Å². The van der Waals surface area contributed by atoms with Gasteiger partial charge in [0.25, 0.3) is 0 Å². The minimum Gasteiger partial charge on any atom is -0.375 e. The van der Waals surface area contributed by atoms with Crippen LogP contribution in [0.25, 0.3) is 0 Å². The lowest BCUT2D eigenvalue weighted by molar-refractivity contribution is 0.158. The summed E-state index contributed by atoms with van der Waals surface area (Å²) in [6.07, 6.45) is -0.160. The number of nitrogens with one attached hydrogen (secondary N) is 2. The van der Waals surface area contributed by atoms with Crippen molar-refractivity contribution in [2.24, 2.45) is 0 Å². The van der Waals surface area contributed by atoms with Gasteiger partial charge in [0.05, 0.1) is 26.4 Å². The van der Waals surface area contributed by atoms with Crippen LogP contribution in [-0.4, -0.2) is 45.3 Å². The first-order valence-electron chi connectivity index (χ1n) is 6.55. The van der Waals surface area contributed by atoms with Crippen LogP contribution >= 0.6 is 7.60 Å². The van der Waals surface area contributed by atoms with Crippen molar-refractivity contribution >= 4 is 13.6 Å². The molecule has 0 heterocycles. The van der Waals surface area contributed by atoms with Crippen molar-refractivity contribution in [3.05, 3.63) is 12.2 Å². The third kappa shape index (κ3) is 9.97. The molecule has 20 heavy (non-hydrogen) atoms. The van der Waals surface area contributed by atoms with Gasteiger partial charge in [-0.2, -0.15) is 0 Å². The highest BCUT2D eigenvalue weighted by Crippen LogP contribution is 2.46. The molecule has 0 saturated heterocycles. The van der Waals surface area contributed by atoms with Crippen molar-refractivity contribution in [3.8, 4) is 0 Å². The fourth-order valence-electron chi connectivity index (χ4n) is 1.24. The zero-order valence-electron chi connectivity index (χ0n) is 12.4. The first-order valence-corrected chi connectivity index (χ1v) is 8.28. The minimum absolute atomic E-state index is 0.160. The maximum absolute atomic E-state index is 12.0. The fourth-order valence-corrected chi connectivity index (χ4v) is 2.62. The van der Waals surface area contributed by atoms with Crippen LogP contribution in [0.15, 0.2) is 12.2 Å². The van der Waals surface area contributed by atoms with Gasteiger partial charge < -0.3 is 24.4 Å². The number of rotatable bonds is 11. The maximum atomic E-state index is 12.0. The maximum Gasteiger partial charge on any atom is 0.349 e. The lowest BCUT2D eigenvalue weighted by Crippen LogP contribution is -2.38. The monoisotopic (exact) mass is 308 g/mol. The molecule has 0 radical (unpaired) electrons. The molecule has 7 nitrogen and oxygen atoms in total. The van der Waals surface area contributed by atoms with E-state index in [1.165, 1.54) is 0 Å². The number of carbonyl (C=O) groups is 1. The van der Waals surface area contributed by atoms with Crippen molar-refractivity contribution < 1.29 is 23.1 Å². The van der Waals surface area contributed by atoms with E-state index in [0.717, 1.165) is 5.57 Å². The van der Waals surface area contributed by atoms with Crippen LogP contribution in [0.3, 0.4) is 0 Å². The van der Waals surface area contributed by atoms with E-state index in [0.29, 0.717) is 19.8 Å². The van der Waals surface area contributed by atoms with Gasteiger partial charge in [-0.05, 0) is 20.8 Å². The molecule has 8 heteroatoms. The van der Waals surface area contributed by atoms with Crippen LogP contribution in [-0.2, 0) is 18.3 Å². The van der Waals surface area contributed by atoms with Crippen LogP contribution in [0, 0.1) is 0 Å². The van der Waals surface area contributed by atoms with E-state index in [1.807, 2.05) is 6.92 Å². The van der Waals surface area contributed by atoms with Gasteiger partial charge in [-0.3, -0.25) is 4.57 Å². The third-order valence-electron chi connectivity index (χ3n) is 1.97. The molecule has 0 aliphatic heterocycles. The minimum atomic E-state index is -3.25. The summed E-state index contributed by atoms with van der Waals surface area (Å²) in [6, 6.07) is -0.441. The predicted octanol–water partition coefficient (Wildman–Crippen LogP) is 2.10. The number of amides is 2. The van der Waals surface area contributed by atoms with Gasteiger partial charge in [0.1, 0.15) is 6.29 Å². The molecule has 0 aliphatic rings. The summed E-state index contributed by atoms with van der Waals surface area (Å²) >= 11 is 0. The molecule has 0 rings (SSSR count). The second kappa shape index (κ2) is 10.9. The van der Waals surface area contributed by atoms with Gasteiger partial charge in [-0.25, -0.2) is 4.79 Å². The lowest BCUT2D eigenvalue weighted by atomic mass is 10.4. The molecule has 0 saturated carbocycles. The van der Waals surface area contributed by atoms with Crippen LogP contribution in [0.1, 0.15) is 20.8 Å². The fraction of sp³-hybridized carbons (Fsp3) is 0.750. The van der Waals surface area contributed by atoms with Gasteiger partial charge in [-0.1, -0.05) is 12.2 Å². The van der Waals surface area contributed by atoms with Crippen LogP contribution in [0.4, 0.5) is 4.79 Å². The molecule has 0 unspecified atom stereocenters. The van der Waals surface area contributed by atoms with Crippen LogP contribution in [0.5, 0.6) is 0 Å². The molecule has 118 valence electrons. The molecule has 0 bridgehead atoms. The Morgan fingerprint density at radius 1 is 1.20 bits per heavy atom. The van der Waals surface area contributed by atoms with Gasteiger partial charge in [0.2, 0.25) is 0 Å². The first kappa shape index (κ1) is 19.1. The number of urea groups is 1. The lowest BCUT2D eigenvalue weighted by Gasteiger charge is -2.17. The Balaban J connectivity index is 3.85. The van der Waals surface area contributed by atoms with E-state index >= 15 is 0 Å². The highest BCUT2D eigenvalue weighted by molar-refractivity contribution is 7.53. The van der Waals surface area contributed by atoms with Crippen molar-refractivity contribution in [2.45, 2.75) is 20.8 Å². The predicted molar refractivity (Wildman–Crippen MR) is 77.9 cm³/mol. The molecule has 0 aliphatic carbocycles. The standard InChI is InChI=1S/C12H25N2O5P/c1-5-18-20(16,19-6-2)10-14-12(15)13-7-8-17-9-11(3)4/h3,5-10H2,1-2,4H3,(H2,13,14,15). The van der Waals surface area contributed by atoms with Crippen LogP contribution < -0.4 is 10.6 Å². The number of hydrogen-bond acceptors (Lipinski definition) is 5. The average molecular weight is 308 g/mol. The van der Waals surface area contributed by atoms with Gasteiger partial charge in [-0.15, -0.1) is 0 Å². The highest BCUT2D eigenvalue weighted by Gasteiger charge is 2.23. The van der Waals surface area contributed by atoms with E-state index in [4.69, 9.17) is 13.8 Å². The zero-order valence-corrected chi connectivity index (χ0v) is 13.3. The molecule has 2 amide bonds. The largest absolute Gasteiger partial charge is 0.375 e. The Morgan fingerprint density at radius 2 is 1.80 bits per heavy atom. The second-order valence-corrected chi connectivity index (χ2v) is 6.10. The average Bonchev–Trinajstić information content (AvgIpc) is 2.36. The molecule has 0 aromatic rings. The summed E-state index contributed by atoms with van der Waals surface area (Å²) in [7, 11) is -3.25. The summed E-state index contributed by atoms with van der Waals surface area (Å²) in [4.78, 5) is 11.5. The number of carbonyl (C=O) groups excluding carboxylic acids is 1. The Kier molecular flexibility index (Phi) is 10.4. The van der Waals surface area contributed by atoms with Gasteiger partial charge in [0.15, 0.2) is 0 Å². The molecule has 0 aromatic carbocycles. The number of ether oxygens (including phenoxy) is 1. The van der Waals surface area contributed by atoms with Gasteiger partial charge in [0, 0.05) is 6.54 Å². The molecular weight excluding hydrogens is 283 g/mol. The quantitative estimate of drug-likeness (QED) is 0.347. The highest BCUT2D eigenvalue weighted by atomic mass is 31.2. The second-order valence-electron chi connectivity index (χ2n) is 4.05. The van der Waals surface area contributed by atoms with E-state index in [2.05, 4.69) is 17.2 Å². The Morgan fingerprint density at radius 3 is 2.30 bits per heavy atom. The van der Waals surface area contributed by atoms with Gasteiger partial charge >= 0.3 is 13.6 Å². The molecule has 0 aromatic heterocycles. The summed E-state index contributed by atoms with van der Waals surface area (Å²) in [5.41, 5.74) is 0.920. The van der Waals surface area contributed by atoms with Crippen molar-refractivity contribution in [1.82, 2.24) is 10.6 Å². The molecular formula is C12H25N2O5P. The van der Waals surface area contributed by atoms with Crippen molar-refractivity contribution in [3.63, 3.8) is 0 Å². The molecule has 2 N–H and O–H groups in total. The van der Waals surface area contributed by atoms with E-state index < -0.39 is 13.6 Å². The first-order chi connectivity index (χ1) is 9.43. The van der Waals surface area contributed by atoms with E-state index in [9.17, 15) is 9.36 Å². The molecule has 0 atom stereocenters. The zero-order chi connectivity index (χ0) is 15.4. The normalized spacial score (nSPS) is 11.2. The summed E-state index contributed by atoms with van der Waals surface area (Å²) in [6.45, 7) is 10.7. The summed E-state index contributed by atoms with van der Waals surface area (Å²) < 4.78 is 27.4. The van der Waals surface area contributed by atoms with E-state index in [-0.39, 0.29) is 19.5 Å². The Labute approximate surface area is 120 Å². The SMILES string of the molecule is C=C(C)COCCNC(=O)NCP(=O)(OCC)OCC. The summed E-state index contributed by atoms with van der Waals surface area (Å²) in [5, 5.41) is 5.03. The third-order valence-corrected chi connectivity index (χ3v) is 3.81.